The predicted octanol–water partition coefficient (Wildman–Crippen LogP) is 1.78. The molecule has 4 N–H and O–H groups in total. The molecule has 1 fully saturated rings. The molecule has 0 aromatic heterocycles. The van der Waals surface area contributed by atoms with Gasteiger partial charge in [0.25, 0.3) is 5.91 Å². The molecule has 4 amide bonds. The van der Waals surface area contributed by atoms with E-state index in [4.69, 9.17) is 9.47 Å². The molecule has 2 aromatic rings. The number of benzene rings is 2. The number of fused-ring (bicyclic) bond motifs is 1. The van der Waals surface area contributed by atoms with Gasteiger partial charge < -0.3 is 30.7 Å². The molecule has 2 heterocycles. The van der Waals surface area contributed by atoms with Crippen molar-refractivity contribution in [3.05, 3.63) is 71.8 Å². The van der Waals surface area contributed by atoms with Crippen LogP contribution in [0.2, 0.25) is 0 Å². The van der Waals surface area contributed by atoms with Crippen molar-refractivity contribution in [3.63, 3.8) is 0 Å². The van der Waals surface area contributed by atoms with Gasteiger partial charge >= 0.3 is 0 Å². The van der Waals surface area contributed by atoms with Crippen molar-refractivity contribution < 1.29 is 28.7 Å². The number of allylic oxidation sites excluding steroid dienone is 1. The minimum Gasteiger partial charge on any atom is -0.496 e. The number of nitrogens with one attached hydrogen (secondary N) is 4. The van der Waals surface area contributed by atoms with Crippen LogP contribution in [0.15, 0.2) is 60.7 Å². The molecule has 2 aliphatic heterocycles. The van der Waals surface area contributed by atoms with E-state index in [-0.39, 0.29) is 43.3 Å². The number of para-hydroxylation sites is 2. The van der Waals surface area contributed by atoms with E-state index in [2.05, 4.69) is 21.3 Å². The van der Waals surface area contributed by atoms with Crippen molar-refractivity contribution >= 4 is 23.6 Å². The van der Waals surface area contributed by atoms with Crippen molar-refractivity contribution in [1.82, 2.24) is 26.2 Å². The minimum atomic E-state index is -0.697. The van der Waals surface area contributed by atoms with Gasteiger partial charge in [-0.25, -0.2) is 0 Å². The number of ether oxygens (including phenoxy) is 2. The third-order valence-electron chi connectivity index (χ3n) is 7.82. The fraction of sp³-hybridized carbons (Fsp3) is 0.438. The van der Waals surface area contributed by atoms with Crippen LogP contribution in [0.1, 0.15) is 41.6 Å². The maximum absolute atomic E-state index is 13.5. The highest BCUT2D eigenvalue weighted by atomic mass is 16.5. The second kappa shape index (κ2) is 15.7. The van der Waals surface area contributed by atoms with Gasteiger partial charge in [-0.05, 0) is 63.0 Å². The van der Waals surface area contributed by atoms with Crippen molar-refractivity contribution in [2.45, 2.75) is 32.2 Å². The number of methoxy groups -OCH3 is 1. The van der Waals surface area contributed by atoms with Crippen LogP contribution >= 0.6 is 0 Å². The van der Waals surface area contributed by atoms with Crippen molar-refractivity contribution in [3.8, 4) is 11.5 Å². The van der Waals surface area contributed by atoms with E-state index in [0.717, 1.165) is 11.3 Å². The van der Waals surface area contributed by atoms with Crippen LogP contribution in [0.4, 0.5) is 0 Å². The molecule has 1 spiro atoms. The molecular formula is C32H41N5O6. The molecule has 0 bridgehead atoms. The summed E-state index contributed by atoms with van der Waals surface area (Å²) in [5.74, 6) is 0.454. The van der Waals surface area contributed by atoms with E-state index < -0.39 is 5.41 Å². The number of amides is 4. The summed E-state index contributed by atoms with van der Waals surface area (Å²) < 4.78 is 11.1. The Hall–Kier alpha value is -4.38. The maximum Gasteiger partial charge on any atom is 0.255 e. The van der Waals surface area contributed by atoms with Crippen LogP contribution in [-0.4, -0.2) is 81.5 Å². The third-order valence-corrected chi connectivity index (χ3v) is 7.82. The summed E-state index contributed by atoms with van der Waals surface area (Å²) >= 11 is 0. The van der Waals surface area contributed by atoms with Crippen molar-refractivity contribution in [2.24, 2.45) is 5.41 Å². The summed E-state index contributed by atoms with van der Waals surface area (Å²) in [6, 6.07) is 14.5. The average Bonchev–Trinajstić information content (AvgIpc) is 3.02. The van der Waals surface area contributed by atoms with E-state index in [1.54, 1.807) is 37.5 Å². The molecule has 43 heavy (non-hydrogen) atoms. The third kappa shape index (κ3) is 9.05. The van der Waals surface area contributed by atoms with E-state index in [1.165, 1.54) is 6.08 Å². The van der Waals surface area contributed by atoms with Gasteiger partial charge in [0.05, 0.1) is 31.2 Å². The molecule has 0 radical (unpaired) electrons. The summed E-state index contributed by atoms with van der Waals surface area (Å²) in [6.45, 7) is 3.01. The summed E-state index contributed by atoms with van der Waals surface area (Å²) in [4.78, 5) is 53.4. The first-order chi connectivity index (χ1) is 20.9. The Morgan fingerprint density at radius 3 is 2.53 bits per heavy atom. The standard InChI is InChI=1S/C32H41N5O6/c1-42-26-10-4-2-8-24(26)22-36-29(39)23-37-19-14-32(15-20-37)13-6-12-28(38)33-18-21-43-27-11-5-3-9-25(27)30(40)34-16-7-17-35-31(32)41/h2-6,8-12H,7,13-23H2,1H3,(H,33,38)(H,34,40)(H,35,41)(H,36,39)/b12-6+. The van der Waals surface area contributed by atoms with E-state index in [0.29, 0.717) is 69.7 Å². The van der Waals surface area contributed by atoms with Crippen molar-refractivity contribution in [2.75, 3.05) is 53.0 Å². The molecule has 2 aliphatic rings. The second-order valence-electron chi connectivity index (χ2n) is 10.8. The number of piperidine rings is 1. The molecular weight excluding hydrogens is 550 g/mol. The highest BCUT2D eigenvalue weighted by Crippen LogP contribution is 2.36. The lowest BCUT2D eigenvalue weighted by Gasteiger charge is -2.40. The smallest absolute Gasteiger partial charge is 0.255 e. The maximum atomic E-state index is 13.5. The molecule has 1 saturated heterocycles. The zero-order valence-corrected chi connectivity index (χ0v) is 24.7. The Balaban J connectivity index is 1.33. The Morgan fingerprint density at radius 2 is 1.72 bits per heavy atom. The lowest BCUT2D eigenvalue weighted by molar-refractivity contribution is -0.134. The second-order valence-corrected chi connectivity index (χ2v) is 10.8. The van der Waals surface area contributed by atoms with Crippen LogP contribution < -0.4 is 30.7 Å². The van der Waals surface area contributed by atoms with Crippen LogP contribution in [-0.2, 0) is 20.9 Å². The van der Waals surface area contributed by atoms with Gasteiger partial charge in [0.15, 0.2) is 0 Å². The van der Waals surface area contributed by atoms with Crippen LogP contribution in [0, 0.1) is 5.41 Å². The fourth-order valence-electron chi connectivity index (χ4n) is 5.31. The van der Waals surface area contributed by atoms with Crippen molar-refractivity contribution in [1.29, 1.82) is 0 Å². The lowest BCUT2D eigenvalue weighted by atomic mass is 9.74. The largest absolute Gasteiger partial charge is 0.496 e. The van der Waals surface area contributed by atoms with Gasteiger partial charge in [-0.15, -0.1) is 0 Å². The molecule has 230 valence electrons. The Kier molecular flexibility index (Phi) is 11.5. The first-order valence-electron chi connectivity index (χ1n) is 14.7. The predicted molar refractivity (Wildman–Crippen MR) is 162 cm³/mol. The Bertz CT molecular complexity index is 1300. The minimum absolute atomic E-state index is 0.0796. The quantitative estimate of drug-likeness (QED) is 0.416. The number of carbonyl (C=O) groups is 4. The van der Waals surface area contributed by atoms with Gasteiger partial charge in [-0.3, -0.25) is 24.1 Å². The number of carbonyl (C=O) groups excluding carboxylic acids is 4. The monoisotopic (exact) mass is 591 g/mol. The number of hydrogen-bond acceptors (Lipinski definition) is 7. The Labute approximate surface area is 252 Å². The van der Waals surface area contributed by atoms with E-state index >= 15 is 0 Å². The number of nitrogens with zero attached hydrogens (tertiary/aromatic N) is 1. The molecule has 0 atom stereocenters. The highest BCUT2D eigenvalue weighted by molar-refractivity contribution is 5.96. The summed E-state index contributed by atoms with van der Waals surface area (Å²) in [5.41, 5.74) is 0.619. The molecule has 0 saturated carbocycles. The number of likely N-dealkylation sites (tertiary alicyclic amines) is 1. The number of hydrogen-bond donors (Lipinski definition) is 4. The zero-order chi connectivity index (χ0) is 30.5. The summed E-state index contributed by atoms with van der Waals surface area (Å²) in [7, 11) is 1.60. The van der Waals surface area contributed by atoms with Gasteiger partial charge in [0, 0.05) is 25.2 Å². The molecule has 0 unspecified atom stereocenters. The molecule has 4 rings (SSSR count). The van der Waals surface area contributed by atoms with E-state index in [1.807, 2.05) is 29.2 Å². The normalized spacial score (nSPS) is 19.3. The SMILES string of the molecule is COc1ccccc1CNC(=O)CN1CCC2(C/C=C/C(=O)NCCOc3ccccc3C(=O)NCCCNC2=O)CC1. The molecule has 11 heteroatoms. The van der Waals surface area contributed by atoms with Gasteiger partial charge in [-0.1, -0.05) is 36.4 Å². The molecule has 2 aromatic carbocycles. The summed E-state index contributed by atoms with van der Waals surface area (Å²) in [6.07, 6.45) is 5.27. The zero-order valence-electron chi connectivity index (χ0n) is 24.7. The topological polar surface area (TPSA) is 138 Å². The van der Waals surface area contributed by atoms with Crippen LogP contribution in [0.3, 0.4) is 0 Å². The van der Waals surface area contributed by atoms with Gasteiger partial charge in [-0.2, -0.15) is 0 Å². The lowest BCUT2D eigenvalue weighted by Crippen LogP contribution is -2.50. The number of rotatable bonds is 5. The summed E-state index contributed by atoms with van der Waals surface area (Å²) in [5, 5.41) is 11.7. The first-order valence-corrected chi connectivity index (χ1v) is 14.7. The van der Waals surface area contributed by atoms with E-state index in [9.17, 15) is 19.2 Å². The molecule has 0 aliphatic carbocycles. The van der Waals surface area contributed by atoms with Crippen LogP contribution in [0.5, 0.6) is 11.5 Å². The highest BCUT2D eigenvalue weighted by Gasteiger charge is 2.40. The van der Waals surface area contributed by atoms with Crippen LogP contribution in [0.25, 0.3) is 0 Å². The molecule has 11 nitrogen and oxygen atoms in total. The average molecular weight is 592 g/mol. The Morgan fingerprint density at radius 1 is 0.977 bits per heavy atom. The first kappa shape index (κ1) is 31.6. The van der Waals surface area contributed by atoms with Gasteiger partial charge in [0.1, 0.15) is 18.1 Å². The fourth-order valence-corrected chi connectivity index (χ4v) is 5.31. The van der Waals surface area contributed by atoms with Gasteiger partial charge in [0.2, 0.25) is 17.7 Å².